The summed E-state index contributed by atoms with van der Waals surface area (Å²) < 4.78 is 6.09. The molecule has 0 bridgehead atoms. The van der Waals surface area contributed by atoms with Gasteiger partial charge in [-0.1, -0.05) is 13.8 Å². The molecular weight excluding hydrogens is 326 g/mol. The second-order valence-corrected chi connectivity index (χ2v) is 6.46. The van der Waals surface area contributed by atoms with Crippen LogP contribution in [0.5, 0.6) is 0 Å². The van der Waals surface area contributed by atoms with Gasteiger partial charge in [0.1, 0.15) is 11.6 Å². The molecule has 0 radical (unpaired) electrons. The van der Waals surface area contributed by atoms with Crippen molar-refractivity contribution in [2.24, 2.45) is 0 Å². The molecule has 1 aromatic rings. The van der Waals surface area contributed by atoms with Gasteiger partial charge in [0.15, 0.2) is 0 Å². The minimum absolute atomic E-state index is 0.489. The predicted octanol–water partition coefficient (Wildman–Crippen LogP) is 3.85. The van der Waals surface area contributed by atoms with Gasteiger partial charge in [0.25, 0.3) is 0 Å². The Balaban J connectivity index is 2.90. The summed E-state index contributed by atoms with van der Waals surface area (Å²) in [5.41, 5.74) is 0.896. The fraction of sp³-hybridized carbons (Fsp3) is 0.692. The van der Waals surface area contributed by atoms with Gasteiger partial charge in [0, 0.05) is 18.9 Å². The summed E-state index contributed by atoms with van der Waals surface area (Å²) in [4.78, 5) is 9.13. The smallest absolute Gasteiger partial charge is 0.144 e. The van der Waals surface area contributed by atoms with Crippen molar-refractivity contribution in [3.8, 4) is 0 Å². The van der Waals surface area contributed by atoms with Gasteiger partial charge in [-0.25, -0.2) is 9.97 Å². The van der Waals surface area contributed by atoms with Gasteiger partial charge in [0.05, 0.1) is 22.5 Å². The Morgan fingerprint density at radius 3 is 2.68 bits per heavy atom. The third kappa shape index (κ3) is 5.28. The third-order valence-corrected chi connectivity index (χ3v) is 4.82. The van der Waals surface area contributed by atoms with Crippen LogP contribution in [0.15, 0.2) is 4.47 Å². The average Bonchev–Trinajstić information content (AvgIpc) is 2.41. The summed E-state index contributed by atoms with van der Waals surface area (Å²) in [5.74, 6) is 2.54. The molecule has 0 aliphatic rings. The molecule has 0 fully saturated rings. The van der Waals surface area contributed by atoms with Crippen molar-refractivity contribution < 1.29 is 4.74 Å². The monoisotopic (exact) mass is 347 g/mol. The minimum atomic E-state index is 0.489. The summed E-state index contributed by atoms with van der Waals surface area (Å²) in [6, 6.07) is 0. The van der Waals surface area contributed by atoms with E-state index in [0.29, 0.717) is 11.9 Å². The predicted molar refractivity (Wildman–Crippen MR) is 85.7 cm³/mol. The highest BCUT2D eigenvalue weighted by Crippen LogP contribution is 2.26. The summed E-state index contributed by atoms with van der Waals surface area (Å²) in [6.07, 6.45) is 1.16. The number of halogens is 1. The van der Waals surface area contributed by atoms with Gasteiger partial charge in [-0.3, -0.25) is 0 Å². The highest BCUT2D eigenvalue weighted by Gasteiger charge is 2.12. The fourth-order valence-corrected chi connectivity index (χ4v) is 2.69. The third-order valence-electron chi connectivity index (χ3n) is 2.66. The number of hydrogen-bond donors (Lipinski definition) is 1. The van der Waals surface area contributed by atoms with Gasteiger partial charge in [-0.15, -0.1) is 0 Å². The summed E-state index contributed by atoms with van der Waals surface area (Å²) in [5, 5.41) is 3.88. The molecule has 1 N–H and O–H groups in total. The maximum Gasteiger partial charge on any atom is 0.144 e. The number of methoxy groups -OCH3 is 1. The minimum Gasteiger partial charge on any atom is -0.378 e. The zero-order chi connectivity index (χ0) is 14.3. The molecule has 1 aromatic heterocycles. The molecule has 6 heteroatoms. The maximum absolute atomic E-state index is 5.19. The first-order valence-corrected chi connectivity index (χ1v) is 8.36. The van der Waals surface area contributed by atoms with Crippen molar-refractivity contribution in [2.75, 3.05) is 19.0 Å². The molecule has 0 amide bonds. The molecule has 1 unspecified atom stereocenters. The molecule has 1 rings (SSSR count). The number of anilines is 1. The van der Waals surface area contributed by atoms with E-state index in [-0.39, 0.29) is 0 Å². The van der Waals surface area contributed by atoms with Gasteiger partial charge in [-0.05, 0) is 29.3 Å². The molecule has 0 spiro atoms. The average molecular weight is 348 g/mol. The molecule has 0 aromatic carbocycles. The first-order chi connectivity index (χ1) is 9.12. The Hall–Kier alpha value is -0.330. The molecule has 19 heavy (non-hydrogen) atoms. The largest absolute Gasteiger partial charge is 0.378 e. The Morgan fingerprint density at radius 1 is 1.37 bits per heavy atom. The number of rotatable bonds is 8. The van der Waals surface area contributed by atoms with Crippen LogP contribution in [0.4, 0.5) is 5.82 Å². The van der Waals surface area contributed by atoms with Crippen molar-refractivity contribution in [3.05, 3.63) is 16.0 Å². The van der Waals surface area contributed by atoms with Crippen LogP contribution in [-0.2, 0) is 17.1 Å². The van der Waals surface area contributed by atoms with Crippen LogP contribution in [0.1, 0.15) is 38.7 Å². The Morgan fingerprint density at radius 2 is 2.11 bits per heavy atom. The van der Waals surface area contributed by atoms with E-state index in [4.69, 9.17) is 4.74 Å². The lowest BCUT2D eigenvalue weighted by Crippen LogP contribution is -2.09. The molecule has 4 nitrogen and oxygen atoms in total. The molecular formula is C13H22BrN3OS. The van der Waals surface area contributed by atoms with Gasteiger partial charge >= 0.3 is 0 Å². The van der Waals surface area contributed by atoms with Crippen LogP contribution >= 0.6 is 27.7 Å². The van der Waals surface area contributed by atoms with Crippen LogP contribution in [0.2, 0.25) is 0 Å². The van der Waals surface area contributed by atoms with Gasteiger partial charge in [0.2, 0.25) is 0 Å². The van der Waals surface area contributed by atoms with Crippen LogP contribution < -0.4 is 5.32 Å². The SMILES string of the molecule is CCNc1nc(CSC(C)CC)nc(COC)c1Br. The van der Waals surface area contributed by atoms with E-state index in [1.54, 1.807) is 7.11 Å². The topological polar surface area (TPSA) is 47.0 Å². The molecule has 0 saturated carbocycles. The Bertz CT molecular complexity index is 376. The quantitative estimate of drug-likeness (QED) is 0.773. The Labute approximate surface area is 128 Å². The lowest BCUT2D eigenvalue weighted by Gasteiger charge is -2.13. The van der Waals surface area contributed by atoms with Crippen molar-refractivity contribution in [3.63, 3.8) is 0 Å². The number of hydrogen-bond acceptors (Lipinski definition) is 5. The van der Waals surface area contributed by atoms with Crippen LogP contribution in [0.3, 0.4) is 0 Å². The molecule has 108 valence electrons. The first-order valence-electron chi connectivity index (χ1n) is 6.52. The van der Waals surface area contributed by atoms with E-state index < -0.39 is 0 Å². The highest BCUT2D eigenvalue weighted by molar-refractivity contribution is 9.10. The number of ether oxygens (including phenoxy) is 1. The molecule has 1 heterocycles. The molecule has 1 atom stereocenters. The number of nitrogens with zero attached hydrogens (tertiary/aromatic N) is 2. The summed E-state index contributed by atoms with van der Waals surface area (Å²) in [7, 11) is 1.68. The van der Waals surface area contributed by atoms with Crippen molar-refractivity contribution in [1.82, 2.24) is 9.97 Å². The lowest BCUT2D eigenvalue weighted by molar-refractivity contribution is 0.180. The zero-order valence-corrected chi connectivity index (χ0v) is 14.4. The van der Waals surface area contributed by atoms with E-state index in [1.165, 1.54) is 0 Å². The molecule has 0 aliphatic heterocycles. The highest BCUT2D eigenvalue weighted by atomic mass is 79.9. The van der Waals surface area contributed by atoms with Crippen molar-refractivity contribution in [2.45, 2.75) is 44.8 Å². The van der Waals surface area contributed by atoms with Crippen molar-refractivity contribution >= 4 is 33.5 Å². The first kappa shape index (κ1) is 16.7. The summed E-state index contributed by atoms with van der Waals surface area (Å²) >= 11 is 5.42. The van der Waals surface area contributed by atoms with E-state index >= 15 is 0 Å². The van der Waals surface area contributed by atoms with Gasteiger partial charge < -0.3 is 10.1 Å². The normalized spacial score (nSPS) is 12.5. The second-order valence-electron chi connectivity index (χ2n) is 4.24. The van der Waals surface area contributed by atoms with E-state index in [2.05, 4.69) is 52.0 Å². The number of thioether (sulfide) groups is 1. The Kier molecular flexibility index (Phi) is 7.71. The number of nitrogens with one attached hydrogen (secondary N) is 1. The number of aromatic nitrogens is 2. The standard InChI is InChI=1S/C13H22BrN3OS/c1-5-9(3)19-8-11-16-10(7-18-4)12(14)13(17-11)15-6-2/h9H,5-8H2,1-4H3,(H,15,16,17). The zero-order valence-electron chi connectivity index (χ0n) is 12.0. The van der Waals surface area contributed by atoms with E-state index in [1.807, 2.05) is 11.8 Å². The van der Waals surface area contributed by atoms with E-state index in [0.717, 1.165) is 40.5 Å². The van der Waals surface area contributed by atoms with Crippen molar-refractivity contribution in [1.29, 1.82) is 0 Å². The maximum atomic E-state index is 5.19. The summed E-state index contributed by atoms with van der Waals surface area (Å²) in [6.45, 7) is 7.80. The molecule has 0 saturated heterocycles. The van der Waals surface area contributed by atoms with Gasteiger partial charge in [-0.2, -0.15) is 11.8 Å². The van der Waals surface area contributed by atoms with E-state index in [9.17, 15) is 0 Å². The second kappa shape index (κ2) is 8.76. The van der Waals surface area contributed by atoms with Crippen LogP contribution in [0.25, 0.3) is 0 Å². The fourth-order valence-electron chi connectivity index (χ4n) is 1.46. The lowest BCUT2D eigenvalue weighted by atomic mass is 10.4. The molecule has 0 aliphatic carbocycles. The van der Waals surface area contributed by atoms with Crippen LogP contribution in [-0.4, -0.2) is 28.9 Å². The van der Waals surface area contributed by atoms with Crippen LogP contribution in [0, 0.1) is 0 Å².